The van der Waals surface area contributed by atoms with E-state index in [0.29, 0.717) is 28.3 Å². The van der Waals surface area contributed by atoms with Gasteiger partial charge in [0.2, 0.25) is 0 Å². The molecule has 2 aliphatic rings. The molecule has 1 amide bonds. The van der Waals surface area contributed by atoms with Crippen LogP contribution < -0.4 is 15.4 Å². The van der Waals surface area contributed by atoms with Crippen LogP contribution in [0.25, 0.3) is 5.65 Å². The maximum absolute atomic E-state index is 14.4. The Labute approximate surface area is 158 Å². The van der Waals surface area contributed by atoms with Gasteiger partial charge < -0.3 is 15.4 Å². The van der Waals surface area contributed by atoms with Gasteiger partial charge in [-0.25, -0.2) is 18.3 Å². The SMILES string of the molecule is C[C@H]1Nc2ccn3ncc(c3n2)C(=O)NCC2(C)Cc3c(F)c(F)cc1c3O2. The zero-order chi connectivity index (χ0) is 19.6. The summed E-state index contributed by atoms with van der Waals surface area (Å²) < 4.78 is 36.3. The number of ether oxygens (including phenoxy) is 1. The third-order valence-corrected chi connectivity index (χ3v) is 5.26. The molecule has 3 aromatic rings. The predicted molar refractivity (Wildman–Crippen MR) is 96.5 cm³/mol. The Balaban J connectivity index is 1.69. The second-order valence-corrected chi connectivity index (χ2v) is 7.49. The molecule has 2 aromatic heterocycles. The highest BCUT2D eigenvalue weighted by Crippen LogP contribution is 2.43. The van der Waals surface area contributed by atoms with Crippen molar-refractivity contribution in [3.8, 4) is 5.75 Å². The number of hydrogen-bond donors (Lipinski definition) is 2. The van der Waals surface area contributed by atoms with E-state index >= 15 is 0 Å². The summed E-state index contributed by atoms with van der Waals surface area (Å²) in [6.45, 7) is 3.70. The van der Waals surface area contributed by atoms with E-state index in [1.807, 2.05) is 6.92 Å². The standard InChI is InChI=1S/C19H17F2N5O2/c1-9-10-5-13(20)15(21)11-6-19(2,28-16(10)11)8-22-18(27)12-7-23-26-4-3-14(24-9)25-17(12)26/h3-5,7,9H,6,8H2,1-2H3,(H,22,27)(H,24,25)/t9-,19?/m1/s1. The minimum absolute atomic E-state index is 0.125. The third-order valence-electron chi connectivity index (χ3n) is 5.26. The number of amides is 1. The van der Waals surface area contributed by atoms with E-state index in [-0.39, 0.29) is 24.4 Å². The average molecular weight is 385 g/mol. The number of rotatable bonds is 0. The van der Waals surface area contributed by atoms with Gasteiger partial charge in [0.15, 0.2) is 17.3 Å². The lowest BCUT2D eigenvalue weighted by atomic mass is 9.96. The van der Waals surface area contributed by atoms with E-state index in [4.69, 9.17) is 4.74 Å². The summed E-state index contributed by atoms with van der Waals surface area (Å²) in [6, 6.07) is 2.44. The Hall–Kier alpha value is -3.23. The fourth-order valence-electron chi connectivity index (χ4n) is 3.81. The highest BCUT2D eigenvalue weighted by Gasteiger charge is 2.40. The van der Waals surface area contributed by atoms with Crippen LogP contribution in [0.5, 0.6) is 5.75 Å². The van der Waals surface area contributed by atoms with Crippen molar-refractivity contribution in [1.82, 2.24) is 19.9 Å². The van der Waals surface area contributed by atoms with Gasteiger partial charge in [0.1, 0.15) is 22.7 Å². The van der Waals surface area contributed by atoms with Crippen LogP contribution in [-0.4, -0.2) is 32.7 Å². The van der Waals surface area contributed by atoms with Crippen molar-refractivity contribution in [2.24, 2.45) is 0 Å². The first-order chi connectivity index (χ1) is 13.3. The molecule has 0 radical (unpaired) electrons. The van der Waals surface area contributed by atoms with Crippen molar-refractivity contribution in [2.75, 3.05) is 11.9 Å². The molecular formula is C19H17F2N5O2. The first-order valence-electron chi connectivity index (χ1n) is 8.93. The number of carbonyl (C=O) groups excluding carboxylic acids is 1. The van der Waals surface area contributed by atoms with Gasteiger partial charge in [-0.15, -0.1) is 0 Å². The van der Waals surface area contributed by atoms with Crippen LogP contribution >= 0.6 is 0 Å². The monoisotopic (exact) mass is 385 g/mol. The topological polar surface area (TPSA) is 80.5 Å². The Bertz CT molecular complexity index is 1150. The van der Waals surface area contributed by atoms with E-state index < -0.39 is 23.3 Å². The van der Waals surface area contributed by atoms with Gasteiger partial charge in [-0.2, -0.15) is 5.10 Å². The number of aromatic nitrogens is 3. The maximum atomic E-state index is 14.4. The van der Waals surface area contributed by atoms with Crippen LogP contribution in [0, 0.1) is 11.6 Å². The van der Waals surface area contributed by atoms with Crippen molar-refractivity contribution in [2.45, 2.75) is 31.9 Å². The van der Waals surface area contributed by atoms with Gasteiger partial charge in [-0.05, 0) is 26.0 Å². The third kappa shape index (κ3) is 2.42. The van der Waals surface area contributed by atoms with Gasteiger partial charge in [0.05, 0.1) is 18.8 Å². The molecule has 9 heteroatoms. The lowest BCUT2D eigenvalue weighted by Gasteiger charge is -2.25. The second kappa shape index (κ2) is 5.63. The van der Waals surface area contributed by atoms with Gasteiger partial charge in [0, 0.05) is 23.7 Å². The first-order valence-corrected chi connectivity index (χ1v) is 8.93. The maximum Gasteiger partial charge on any atom is 0.256 e. The molecule has 0 aliphatic carbocycles. The van der Waals surface area contributed by atoms with Crippen LogP contribution in [0.15, 0.2) is 24.5 Å². The summed E-state index contributed by atoms with van der Waals surface area (Å²) in [5, 5.41) is 10.1. The van der Waals surface area contributed by atoms with Crippen LogP contribution in [-0.2, 0) is 6.42 Å². The van der Waals surface area contributed by atoms with Crippen molar-refractivity contribution >= 4 is 17.4 Å². The molecule has 5 rings (SSSR count). The smallest absolute Gasteiger partial charge is 0.256 e. The number of halogens is 2. The Morgan fingerprint density at radius 2 is 2.21 bits per heavy atom. The van der Waals surface area contributed by atoms with Crippen LogP contribution in [0.2, 0.25) is 0 Å². The number of carbonyl (C=O) groups is 1. The molecule has 28 heavy (non-hydrogen) atoms. The number of benzene rings is 1. The summed E-state index contributed by atoms with van der Waals surface area (Å²) in [6.07, 6.45) is 3.28. The predicted octanol–water partition coefficient (Wildman–Crippen LogP) is 2.62. The number of hydrogen-bond acceptors (Lipinski definition) is 5. The summed E-state index contributed by atoms with van der Waals surface area (Å²) in [5.74, 6) is -1.40. The lowest BCUT2D eigenvalue weighted by molar-refractivity contribution is 0.0839. The quantitative estimate of drug-likeness (QED) is 0.622. The Morgan fingerprint density at radius 1 is 1.39 bits per heavy atom. The minimum Gasteiger partial charge on any atom is -0.485 e. The molecule has 4 bridgehead atoms. The average Bonchev–Trinajstić information content (AvgIpc) is 3.23. The van der Waals surface area contributed by atoms with Crippen molar-refractivity contribution in [3.05, 3.63) is 52.9 Å². The zero-order valence-electron chi connectivity index (χ0n) is 15.2. The number of anilines is 1. The lowest BCUT2D eigenvalue weighted by Crippen LogP contribution is -2.44. The molecule has 1 unspecified atom stereocenters. The summed E-state index contributed by atoms with van der Waals surface area (Å²) in [4.78, 5) is 17.1. The molecule has 0 fully saturated rings. The van der Waals surface area contributed by atoms with Gasteiger partial charge in [-0.1, -0.05) is 0 Å². The zero-order valence-corrected chi connectivity index (χ0v) is 15.2. The van der Waals surface area contributed by atoms with Crippen molar-refractivity contribution in [3.63, 3.8) is 0 Å². The number of nitrogens with zero attached hydrogens (tertiary/aromatic N) is 3. The highest BCUT2D eigenvalue weighted by molar-refractivity contribution is 5.99. The van der Waals surface area contributed by atoms with E-state index in [0.717, 1.165) is 6.07 Å². The molecule has 0 saturated heterocycles. The van der Waals surface area contributed by atoms with Gasteiger partial charge in [-0.3, -0.25) is 4.79 Å². The number of nitrogens with one attached hydrogen (secondary N) is 2. The highest BCUT2D eigenvalue weighted by atomic mass is 19.2. The molecule has 4 heterocycles. The molecule has 144 valence electrons. The summed E-state index contributed by atoms with van der Waals surface area (Å²) in [5.41, 5.74) is 0.518. The van der Waals surface area contributed by atoms with Gasteiger partial charge >= 0.3 is 0 Å². The Morgan fingerprint density at radius 3 is 3.04 bits per heavy atom. The molecule has 7 nitrogen and oxygen atoms in total. The van der Waals surface area contributed by atoms with Crippen LogP contribution in [0.1, 0.15) is 41.4 Å². The normalized spacial score (nSPS) is 23.4. The second-order valence-electron chi connectivity index (χ2n) is 7.49. The van der Waals surface area contributed by atoms with E-state index in [1.54, 1.807) is 19.2 Å². The fraction of sp³-hybridized carbons (Fsp3) is 0.316. The van der Waals surface area contributed by atoms with E-state index in [1.165, 1.54) is 10.7 Å². The van der Waals surface area contributed by atoms with Gasteiger partial charge in [0.25, 0.3) is 5.91 Å². The fourth-order valence-corrected chi connectivity index (χ4v) is 3.81. The van der Waals surface area contributed by atoms with E-state index in [2.05, 4.69) is 20.7 Å². The molecule has 1 aromatic carbocycles. The Kier molecular flexibility index (Phi) is 3.40. The van der Waals surface area contributed by atoms with Crippen molar-refractivity contribution in [1.29, 1.82) is 0 Å². The first kappa shape index (κ1) is 16.9. The van der Waals surface area contributed by atoms with E-state index in [9.17, 15) is 13.6 Å². The van der Waals surface area contributed by atoms with Crippen LogP contribution in [0.4, 0.5) is 14.6 Å². The summed E-state index contributed by atoms with van der Waals surface area (Å²) >= 11 is 0. The largest absolute Gasteiger partial charge is 0.485 e. The molecule has 2 atom stereocenters. The summed E-state index contributed by atoms with van der Waals surface area (Å²) in [7, 11) is 0. The molecular weight excluding hydrogens is 368 g/mol. The molecule has 0 spiro atoms. The minimum atomic E-state index is -0.923. The number of fused-ring (bicyclic) bond motifs is 2. The van der Waals surface area contributed by atoms with Crippen molar-refractivity contribution < 1.29 is 18.3 Å². The molecule has 2 aliphatic heterocycles. The van der Waals surface area contributed by atoms with Crippen LogP contribution in [0.3, 0.4) is 0 Å². The molecule has 2 N–H and O–H groups in total. The molecule has 0 saturated carbocycles.